The highest BCUT2D eigenvalue weighted by atomic mass is 35.5. The van der Waals surface area contributed by atoms with E-state index in [0.717, 1.165) is 9.87 Å². The van der Waals surface area contributed by atoms with E-state index in [-0.39, 0.29) is 29.7 Å². The summed E-state index contributed by atoms with van der Waals surface area (Å²) < 4.78 is 34.9. The molecular weight excluding hydrogens is 657 g/mol. The lowest BCUT2D eigenvalue weighted by Crippen LogP contribution is -2.53. The van der Waals surface area contributed by atoms with Crippen LogP contribution in [0.4, 0.5) is 5.69 Å². The summed E-state index contributed by atoms with van der Waals surface area (Å²) in [5.74, 6) is -0.229. The highest BCUT2D eigenvalue weighted by Gasteiger charge is 2.34. The van der Waals surface area contributed by atoms with Crippen LogP contribution in [0.1, 0.15) is 31.9 Å². The molecule has 248 valence electrons. The lowest BCUT2D eigenvalue weighted by molar-refractivity contribution is -0.140. The molecule has 1 unspecified atom stereocenters. The standard InChI is InChI=1S/C36H39Cl2N3O5S/c1-4-46-30-16-18-31(19-17-30)47(44,45)41(29-13-9-6-10-14-29)25-35(42)40(24-28-15-20-32(37)33(38)21-28)34(36(43)39-23-26(2)3)22-27-11-7-5-8-12-27/h5-21,26,34H,4,22-25H2,1-3H3,(H,39,43). The van der Waals surface area contributed by atoms with E-state index in [4.69, 9.17) is 27.9 Å². The van der Waals surface area contributed by atoms with Gasteiger partial charge in [-0.3, -0.25) is 13.9 Å². The summed E-state index contributed by atoms with van der Waals surface area (Å²) in [6.45, 7) is 6.05. The molecule has 0 fully saturated rings. The molecule has 1 atom stereocenters. The summed E-state index contributed by atoms with van der Waals surface area (Å²) in [6.07, 6.45) is 0.203. The van der Waals surface area contributed by atoms with Gasteiger partial charge in [0, 0.05) is 19.5 Å². The second-order valence-corrected chi connectivity index (χ2v) is 14.0. The Kier molecular flexibility index (Phi) is 12.7. The lowest BCUT2D eigenvalue weighted by Gasteiger charge is -2.34. The van der Waals surface area contributed by atoms with Gasteiger partial charge in [-0.2, -0.15) is 0 Å². The Morgan fingerprint density at radius 3 is 2.06 bits per heavy atom. The van der Waals surface area contributed by atoms with Gasteiger partial charge in [0.2, 0.25) is 11.8 Å². The Morgan fingerprint density at radius 1 is 0.830 bits per heavy atom. The average molecular weight is 697 g/mol. The minimum atomic E-state index is -4.23. The van der Waals surface area contributed by atoms with Gasteiger partial charge in [-0.25, -0.2) is 8.42 Å². The maximum absolute atomic E-state index is 14.5. The number of hydrogen-bond acceptors (Lipinski definition) is 5. The van der Waals surface area contributed by atoms with Gasteiger partial charge < -0.3 is 15.0 Å². The molecule has 47 heavy (non-hydrogen) atoms. The van der Waals surface area contributed by atoms with Crippen molar-refractivity contribution >= 4 is 50.7 Å². The predicted molar refractivity (Wildman–Crippen MR) is 187 cm³/mol. The maximum atomic E-state index is 14.5. The number of sulfonamides is 1. The zero-order valence-electron chi connectivity index (χ0n) is 26.6. The van der Waals surface area contributed by atoms with Crippen molar-refractivity contribution in [2.45, 2.75) is 44.7 Å². The normalized spacial score (nSPS) is 12.0. The molecule has 0 saturated heterocycles. The first kappa shape index (κ1) is 35.8. The van der Waals surface area contributed by atoms with Crippen LogP contribution in [0.15, 0.2) is 108 Å². The smallest absolute Gasteiger partial charge is 0.264 e. The van der Waals surface area contributed by atoms with Crippen molar-refractivity contribution in [1.29, 1.82) is 0 Å². The maximum Gasteiger partial charge on any atom is 0.264 e. The fraction of sp³-hybridized carbons (Fsp3) is 0.278. The molecule has 0 aromatic heterocycles. The van der Waals surface area contributed by atoms with Gasteiger partial charge in [-0.1, -0.05) is 91.6 Å². The Bertz CT molecular complexity index is 1740. The molecule has 0 aliphatic heterocycles. The number of anilines is 1. The Morgan fingerprint density at radius 2 is 1.47 bits per heavy atom. The number of carbonyl (C=O) groups excluding carboxylic acids is 2. The molecule has 11 heteroatoms. The van der Waals surface area contributed by atoms with Gasteiger partial charge in [-0.15, -0.1) is 0 Å². The number of nitrogens with one attached hydrogen (secondary N) is 1. The van der Waals surface area contributed by atoms with Gasteiger partial charge in [-0.05, 0) is 72.5 Å². The van der Waals surface area contributed by atoms with E-state index in [2.05, 4.69) is 5.32 Å². The third-order valence-corrected chi connectivity index (χ3v) is 9.87. The second kappa shape index (κ2) is 16.7. The van der Waals surface area contributed by atoms with Crippen LogP contribution in [-0.2, 0) is 32.6 Å². The van der Waals surface area contributed by atoms with Gasteiger partial charge in [0.25, 0.3) is 10.0 Å². The largest absolute Gasteiger partial charge is 0.494 e. The minimum absolute atomic E-state index is 0.0100. The minimum Gasteiger partial charge on any atom is -0.494 e. The summed E-state index contributed by atoms with van der Waals surface area (Å²) in [7, 11) is -4.23. The average Bonchev–Trinajstić information content (AvgIpc) is 3.06. The summed E-state index contributed by atoms with van der Waals surface area (Å²) in [5, 5.41) is 3.62. The summed E-state index contributed by atoms with van der Waals surface area (Å²) >= 11 is 12.5. The van der Waals surface area contributed by atoms with E-state index in [1.807, 2.05) is 51.1 Å². The van der Waals surface area contributed by atoms with Crippen molar-refractivity contribution in [1.82, 2.24) is 10.2 Å². The highest BCUT2D eigenvalue weighted by Crippen LogP contribution is 2.27. The van der Waals surface area contributed by atoms with Crippen LogP contribution >= 0.6 is 23.2 Å². The Balaban J connectivity index is 1.78. The zero-order chi connectivity index (χ0) is 34.0. The van der Waals surface area contributed by atoms with Crippen molar-refractivity contribution in [3.63, 3.8) is 0 Å². The summed E-state index contributed by atoms with van der Waals surface area (Å²) in [6, 6.07) is 27.9. The molecule has 4 rings (SSSR count). The van der Waals surface area contributed by atoms with Crippen molar-refractivity contribution < 1.29 is 22.7 Å². The SMILES string of the molecule is CCOc1ccc(S(=O)(=O)N(CC(=O)N(Cc2ccc(Cl)c(Cl)c2)C(Cc2ccccc2)C(=O)NCC(C)C)c2ccccc2)cc1. The molecule has 0 spiro atoms. The Hall–Kier alpha value is -4.05. The topological polar surface area (TPSA) is 96.0 Å². The van der Waals surface area contributed by atoms with Crippen molar-refractivity contribution in [3.8, 4) is 5.75 Å². The molecule has 8 nitrogen and oxygen atoms in total. The summed E-state index contributed by atoms with van der Waals surface area (Å²) in [4.78, 5) is 29.8. The lowest BCUT2D eigenvalue weighted by atomic mass is 10.0. The summed E-state index contributed by atoms with van der Waals surface area (Å²) in [5.41, 5.74) is 1.77. The van der Waals surface area contributed by atoms with E-state index in [1.54, 1.807) is 60.7 Å². The van der Waals surface area contributed by atoms with Gasteiger partial charge in [0.1, 0.15) is 18.3 Å². The zero-order valence-corrected chi connectivity index (χ0v) is 28.9. The highest BCUT2D eigenvalue weighted by molar-refractivity contribution is 7.92. The van der Waals surface area contributed by atoms with Crippen molar-refractivity contribution in [3.05, 3.63) is 124 Å². The molecule has 0 bridgehead atoms. The number of nitrogens with zero attached hydrogens (tertiary/aromatic N) is 2. The monoisotopic (exact) mass is 695 g/mol. The van der Waals surface area contributed by atoms with Crippen molar-refractivity contribution in [2.24, 2.45) is 5.92 Å². The molecule has 2 amide bonds. The van der Waals surface area contributed by atoms with Crippen LogP contribution in [-0.4, -0.2) is 50.9 Å². The van der Waals surface area contributed by atoms with Crippen LogP contribution in [0.2, 0.25) is 10.0 Å². The molecular formula is C36H39Cl2N3O5S. The first-order chi connectivity index (χ1) is 22.5. The number of ether oxygens (including phenoxy) is 1. The van der Waals surface area contributed by atoms with E-state index >= 15 is 0 Å². The third kappa shape index (κ3) is 9.73. The number of carbonyl (C=O) groups is 2. The van der Waals surface area contributed by atoms with Gasteiger partial charge >= 0.3 is 0 Å². The molecule has 0 aliphatic rings. The first-order valence-electron chi connectivity index (χ1n) is 15.3. The number of halogens is 2. The van der Waals surface area contributed by atoms with E-state index in [0.29, 0.717) is 40.2 Å². The van der Waals surface area contributed by atoms with Crippen LogP contribution in [0, 0.1) is 5.92 Å². The number of para-hydroxylation sites is 1. The number of amides is 2. The van der Waals surface area contributed by atoms with E-state index in [1.165, 1.54) is 17.0 Å². The number of benzene rings is 4. The predicted octanol–water partition coefficient (Wildman–Crippen LogP) is 7.00. The van der Waals surface area contributed by atoms with Crippen LogP contribution in [0.3, 0.4) is 0 Å². The van der Waals surface area contributed by atoms with Gasteiger partial charge in [0.05, 0.1) is 27.2 Å². The molecule has 0 aliphatic carbocycles. The van der Waals surface area contributed by atoms with Crippen LogP contribution in [0.5, 0.6) is 5.75 Å². The second-order valence-electron chi connectivity index (χ2n) is 11.4. The van der Waals surface area contributed by atoms with E-state index < -0.39 is 28.5 Å². The third-order valence-electron chi connectivity index (χ3n) is 7.34. The number of rotatable bonds is 15. The number of hydrogen-bond donors (Lipinski definition) is 1. The fourth-order valence-electron chi connectivity index (χ4n) is 4.94. The molecule has 4 aromatic rings. The molecule has 0 saturated carbocycles. The van der Waals surface area contributed by atoms with Crippen LogP contribution in [0.25, 0.3) is 0 Å². The first-order valence-corrected chi connectivity index (χ1v) is 17.5. The van der Waals surface area contributed by atoms with Crippen molar-refractivity contribution in [2.75, 3.05) is 24.0 Å². The van der Waals surface area contributed by atoms with Crippen LogP contribution < -0.4 is 14.4 Å². The Labute approximate surface area is 287 Å². The molecule has 1 N–H and O–H groups in total. The van der Waals surface area contributed by atoms with Gasteiger partial charge in [0.15, 0.2) is 0 Å². The fourth-order valence-corrected chi connectivity index (χ4v) is 6.67. The molecule has 0 heterocycles. The van der Waals surface area contributed by atoms with E-state index in [9.17, 15) is 18.0 Å². The quantitative estimate of drug-likeness (QED) is 0.145. The molecule has 4 aromatic carbocycles. The molecule has 0 radical (unpaired) electrons.